The number of halogens is 1. The van der Waals surface area contributed by atoms with E-state index in [0.29, 0.717) is 16.3 Å². The Labute approximate surface area is 113 Å². The molecule has 4 heteroatoms. The van der Waals surface area contributed by atoms with Crippen molar-refractivity contribution < 1.29 is 9.59 Å². The predicted octanol–water partition coefficient (Wildman–Crippen LogP) is 3.55. The van der Waals surface area contributed by atoms with E-state index in [1.807, 2.05) is 20.8 Å². The van der Waals surface area contributed by atoms with Gasteiger partial charge in [-0.1, -0.05) is 32.4 Å². The Balaban J connectivity index is 3.37. The normalized spacial score (nSPS) is 11.2. The van der Waals surface area contributed by atoms with Crippen molar-refractivity contribution in [3.05, 3.63) is 28.8 Å². The monoisotopic (exact) mass is 267 g/mol. The molecule has 0 spiro atoms. The second-order valence-corrected chi connectivity index (χ2v) is 5.76. The molecule has 0 aliphatic heterocycles. The van der Waals surface area contributed by atoms with Crippen LogP contribution in [0.3, 0.4) is 0 Å². The molecule has 1 aromatic carbocycles. The first kappa shape index (κ1) is 14.7. The van der Waals surface area contributed by atoms with Crippen LogP contribution < -0.4 is 4.90 Å². The summed E-state index contributed by atoms with van der Waals surface area (Å²) in [5, 5.41) is 0.489. The number of benzene rings is 1. The summed E-state index contributed by atoms with van der Waals surface area (Å²) in [6.45, 7) is 6.98. The van der Waals surface area contributed by atoms with Crippen molar-refractivity contribution in [2.75, 3.05) is 11.9 Å². The lowest BCUT2D eigenvalue weighted by Gasteiger charge is -2.23. The van der Waals surface area contributed by atoms with Gasteiger partial charge in [-0.3, -0.25) is 9.59 Å². The van der Waals surface area contributed by atoms with E-state index in [1.54, 1.807) is 25.2 Å². The van der Waals surface area contributed by atoms with Gasteiger partial charge in [-0.25, -0.2) is 0 Å². The lowest BCUT2D eigenvalue weighted by atomic mass is 9.85. The van der Waals surface area contributed by atoms with Gasteiger partial charge >= 0.3 is 0 Å². The molecule has 18 heavy (non-hydrogen) atoms. The zero-order valence-electron chi connectivity index (χ0n) is 11.4. The van der Waals surface area contributed by atoms with Gasteiger partial charge in [0.05, 0.1) is 5.69 Å². The van der Waals surface area contributed by atoms with Crippen LogP contribution in [0, 0.1) is 5.41 Å². The number of carbonyl (C=O) groups is 2. The van der Waals surface area contributed by atoms with Gasteiger partial charge in [-0.15, -0.1) is 0 Å². The minimum atomic E-state index is -0.517. The van der Waals surface area contributed by atoms with Crippen molar-refractivity contribution in [1.82, 2.24) is 0 Å². The lowest BCUT2D eigenvalue weighted by Crippen LogP contribution is -2.28. The maximum atomic E-state index is 12.4. The first-order valence-corrected chi connectivity index (χ1v) is 6.11. The van der Waals surface area contributed by atoms with Crippen molar-refractivity contribution in [3.8, 4) is 0 Å². The largest absolute Gasteiger partial charge is 0.315 e. The molecule has 0 saturated heterocycles. The number of nitrogens with zero attached hydrogens (tertiary/aromatic N) is 1. The summed E-state index contributed by atoms with van der Waals surface area (Å²) in [6, 6.07) is 4.99. The summed E-state index contributed by atoms with van der Waals surface area (Å²) >= 11 is 5.94. The van der Waals surface area contributed by atoms with Gasteiger partial charge in [0.15, 0.2) is 5.78 Å². The number of ketones is 1. The summed E-state index contributed by atoms with van der Waals surface area (Å²) < 4.78 is 0. The van der Waals surface area contributed by atoms with Crippen LogP contribution in [0.5, 0.6) is 0 Å². The highest BCUT2D eigenvalue weighted by molar-refractivity contribution is 6.31. The van der Waals surface area contributed by atoms with Crippen LogP contribution in [0.1, 0.15) is 38.1 Å². The van der Waals surface area contributed by atoms with Crippen molar-refractivity contribution in [3.63, 3.8) is 0 Å². The minimum Gasteiger partial charge on any atom is -0.315 e. The Morgan fingerprint density at radius 2 is 1.78 bits per heavy atom. The molecule has 3 nitrogen and oxygen atoms in total. The minimum absolute atomic E-state index is 0.0342. The Kier molecular flexibility index (Phi) is 4.17. The Morgan fingerprint density at radius 1 is 1.22 bits per heavy atom. The van der Waals surface area contributed by atoms with Crippen molar-refractivity contribution in [2.45, 2.75) is 27.7 Å². The third-order valence-corrected chi connectivity index (χ3v) is 2.95. The number of rotatable bonds is 2. The molecule has 0 N–H and O–H groups in total. The summed E-state index contributed by atoms with van der Waals surface area (Å²) in [6.07, 6.45) is 0. The van der Waals surface area contributed by atoms with Gasteiger partial charge in [0.2, 0.25) is 5.91 Å². The fourth-order valence-electron chi connectivity index (χ4n) is 1.56. The van der Waals surface area contributed by atoms with Gasteiger partial charge in [0.25, 0.3) is 0 Å². The molecule has 1 amide bonds. The Hall–Kier alpha value is -1.35. The van der Waals surface area contributed by atoms with Crippen LogP contribution >= 0.6 is 11.6 Å². The third kappa shape index (κ3) is 3.10. The van der Waals surface area contributed by atoms with E-state index in [-0.39, 0.29) is 11.7 Å². The lowest BCUT2D eigenvalue weighted by molar-refractivity contribution is -0.116. The van der Waals surface area contributed by atoms with Crippen LogP contribution in [0.25, 0.3) is 0 Å². The molecule has 0 fully saturated rings. The van der Waals surface area contributed by atoms with Gasteiger partial charge < -0.3 is 4.90 Å². The first-order chi connectivity index (χ1) is 8.14. The topological polar surface area (TPSA) is 37.4 Å². The summed E-state index contributed by atoms with van der Waals surface area (Å²) in [4.78, 5) is 25.3. The molecule has 0 bridgehead atoms. The highest BCUT2D eigenvalue weighted by Crippen LogP contribution is 2.30. The van der Waals surface area contributed by atoms with Crippen molar-refractivity contribution in [1.29, 1.82) is 0 Å². The highest BCUT2D eigenvalue weighted by atomic mass is 35.5. The molecular formula is C14H18ClNO2. The average molecular weight is 268 g/mol. The first-order valence-electron chi connectivity index (χ1n) is 5.73. The maximum Gasteiger partial charge on any atom is 0.223 e. The van der Waals surface area contributed by atoms with E-state index in [0.717, 1.165) is 0 Å². The fraction of sp³-hybridized carbons (Fsp3) is 0.429. The number of anilines is 1. The zero-order valence-corrected chi connectivity index (χ0v) is 12.1. The van der Waals surface area contributed by atoms with E-state index in [9.17, 15) is 9.59 Å². The van der Waals surface area contributed by atoms with Crippen molar-refractivity contribution >= 4 is 29.0 Å². The van der Waals surface area contributed by atoms with E-state index < -0.39 is 5.41 Å². The summed E-state index contributed by atoms with van der Waals surface area (Å²) in [5.74, 6) is -0.159. The molecule has 0 aromatic heterocycles. The van der Waals surface area contributed by atoms with Gasteiger partial charge in [0.1, 0.15) is 0 Å². The Morgan fingerprint density at radius 3 is 2.22 bits per heavy atom. The standard InChI is InChI=1S/C14H18ClNO2/c1-9(17)16(5)12-7-6-10(15)8-11(12)13(18)14(2,3)4/h6-8H,1-5H3. The number of carbonyl (C=O) groups excluding carboxylic acids is 2. The molecule has 1 rings (SSSR count). The van der Waals surface area contributed by atoms with E-state index >= 15 is 0 Å². The average Bonchev–Trinajstić information content (AvgIpc) is 2.25. The quantitative estimate of drug-likeness (QED) is 0.769. The van der Waals surface area contributed by atoms with Crippen LogP contribution in [-0.4, -0.2) is 18.7 Å². The van der Waals surface area contributed by atoms with Crippen LogP contribution in [0.4, 0.5) is 5.69 Å². The van der Waals surface area contributed by atoms with E-state index in [1.165, 1.54) is 11.8 Å². The Bertz CT molecular complexity index is 489. The molecule has 0 aliphatic carbocycles. The molecule has 0 unspecified atom stereocenters. The van der Waals surface area contributed by atoms with E-state index in [4.69, 9.17) is 11.6 Å². The number of hydrogen-bond donors (Lipinski definition) is 0. The molecule has 0 saturated carbocycles. The molecule has 0 aliphatic rings. The second-order valence-electron chi connectivity index (χ2n) is 5.32. The van der Waals surface area contributed by atoms with Crippen molar-refractivity contribution in [2.24, 2.45) is 5.41 Å². The van der Waals surface area contributed by atoms with Crippen LogP contribution in [0.2, 0.25) is 5.02 Å². The molecule has 0 radical (unpaired) electrons. The number of hydrogen-bond acceptors (Lipinski definition) is 2. The van der Waals surface area contributed by atoms with Crippen LogP contribution in [0.15, 0.2) is 18.2 Å². The molecule has 98 valence electrons. The van der Waals surface area contributed by atoms with Crippen LogP contribution in [-0.2, 0) is 4.79 Å². The summed E-state index contributed by atoms with van der Waals surface area (Å²) in [7, 11) is 1.64. The SMILES string of the molecule is CC(=O)N(C)c1ccc(Cl)cc1C(=O)C(C)(C)C. The molecule has 0 heterocycles. The maximum absolute atomic E-state index is 12.4. The second kappa shape index (κ2) is 5.11. The highest BCUT2D eigenvalue weighted by Gasteiger charge is 2.27. The van der Waals surface area contributed by atoms with Gasteiger partial charge in [-0.2, -0.15) is 0 Å². The fourth-order valence-corrected chi connectivity index (χ4v) is 1.73. The smallest absolute Gasteiger partial charge is 0.223 e. The van der Waals surface area contributed by atoms with Gasteiger partial charge in [-0.05, 0) is 18.2 Å². The summed E-state index contributed by atoms with van der Waals surface area (Å²) in [5.41, 5.74) is 0.552. The third-order valence-electron chi connectivity index (χ3n) is 2.72. The number of Topliss-reactive ketones (excluding diaryl/α,β-unsaturated/α-hetero) is 1. The predicted molar refractivity (Wildman–Crippen MR) is 74.3 cm³/mol. The molecule has 0 atom stereocenters. The molecular weight excluding hydrogens is 250 g/mol. The van der Waals surface area contributed by atoms with Gasteiger partial charge in [0, 0.05) is 30.0 Å². The molecule has 1 aromatic rings. The van der Waals surface area contributed by atoms with E-state index in [2.05, 4.69) is 0 Å². The zero-order chi connectivity index (χ0) is 14.1. The number of amides is 1.